The molecule has 1 rings (SSSR count). The summed E-state index contributed by atoms with van der Waals surface area (Å²) in [5.41, 5.74) is 1.69. The quantitative estimate of drug-likeness (QED) is 0.780. The Morgan fingerprint density at radius 2 is 2.29 bits per heavy atom. The number of anilines is 1. The fourth-order valence-corrected chi connectivity index (χ4v) is 1.26. The number of benzene rings is 1. The summed E-state index contributed by atoms with van der Waals surface area (Å²) in [6.07, 6.45) is 0. The van der Waals surface area contributed by atoms with Crippen molar-refractivity contribution in [1.82, 2.24) is 0 Å². The van der Waals surface area contributed by atoms with Crippen molar-refractivity contribution in [2.75, 3.05) is 19.0 Å². The van der Waals surface area contributed by atoms with Gasteiger partial charge in [-0.15, -0.1) is 0 Å². The van der Waals surface area contributed by atoms with E-state index < -0.39 is 0 Å². The minimum Gasteiger partial charge on any atom is -0.495 e. The van der Waals surface area contributed by atoms with E-state index in [-0.39, 0.29) is 6.54 Å². The van der Waals surface area contributed by atoms with Crippen molar-refractivity contribution >= 4 is 17.3 Å². The third-order valence-corrected chi connectivity index (χ3v) is 2.25. The average molecular weight is 211 g/mol. The molecule has 0 amide bonds. The molecule has 0 unspecified atom stereocenters. The van der Waals surface area contributed by atoms with E-state index in [4.69, 9.17) is 21.6 Å². The van der Waals surface area contributed by atoms with E-state index in [1.165, 1.54) is 0 Å². The summed E-state index contributed by atoms with van der Waals surface area (Å²) < 4.78 is 5.15. The predicted molar refractivity (Wildman–Crippen MR) is 56.8 cm³/mol. The van der Waals surface area contributed by atoms with E-state index >= 15 is 0 Å². The normalized spacial score (nSPS) is 9.29. The van der Waals surface area contributed by atoms with Gasteiger partial charge in [0.2, 0.25) is 0 Å². The maximum Gasteiger partial charge on any atom is 0.142 e. The maximum absolute atomic E-state index is 8.43. The highest BCUT2D eigenvalue weighted by molar-refractivity contribution is 6.31. The van der Waals surface area contributed by atoms with E-state index in [9.17, 15) is 0 Å². The molecule has 0 heterocycles. The van der Waals surface area contributed by atoms with Gasteiger partial charge in [-0.1, -0.05) is 11.6 Å². The maximum atomic E-state index is 8.43. The second-order valence-electron chi connectivity index (χ2n) is 2.81. The highest BCUT2D eigenvalue weighted by Gasteiger charge is 2.05. The molecule has 0 bridgehead atoms. The van der Waals surface area contributed by atoms with Crippen LogP contribution in [0.2, 0.25) is 5.02 Å². The molecule has 14 heavy (non-hydrogen) atoms. The molecule has 0 saturated heterocycles. The molecule has 1 N–H and O–H groups in total. The van der Waals surface area contributed by atoms with E-state index in [0.717, 1.165) is 11.3 Å². The molecule has 4 heteroatoms. The molecular formula is C10H11ClN2O. The largest absolute Gasteiger partial charge is 0.495 e. The number of rotatable bonds is 3. The monoisotopic (exact) mass is 210 g/mol. The Balaban J connectivity index is 3.02. The van der Waals surface area contributed by atoms with Crippen LogP contribution in [0.15, 0.2) is 12.1 Å². The van der Waals surface area contributed by atoms with Gasteiger partial charge in [0.25, 0.3) is 0 Å². The Hall–Kier alpha value is -1.40. The van der Waals surface area contributed by atoms with Gasteiger partial charge < -0.3 is 10.1 Å². The number of aryl methyl sites for hydroxylation is 1. The molecule has 0 saturated carbocycles. The Kier molecular flexibility index (Phi) is 3.61. The fraction of sp³-hybridized carbons (Fsp3) is 0.300. The highest BCUT2D eigenvalue weighted by atomic mass is 35.5. The van der Waals surface area contributed by atoms with Crippen LogP contribution >= 0.6 is 11.6 Å². The summed E-state index contributed by atoms with van der Waals surface area (Å²) in [6.45, 7) is 2.13. The SMILES string of the molecule is COc1cc(C)c(Cl)cc1NCC#N. The Morgan fingerprint density at radius 1 is 1.57 bits per heavy atom. The lowest BCUT2D eigenvalue weighted by atomic mass is 10.2. The number of ether oxygens (including phenoxy) is 1. The second-order valence-corrected chi connectivity index (χ2v) is 3.22. The molecule has 0 aliphatic heterocycles. The smallest absolute Gasteiger partial charge is 0.142 e. The van der Waals surface area contributed by atoms with Crippen molar-refractivity contribution in [3.05, 3.63) is 22.7 Å². The molecule has 0 aliphatic carbocycles. The molecule has 3 nitrogen and oxygen atoms in total. The first-order valence-electron chi connectivity index (χ1n) is 4.14. The summed E-state index contributed by atoms with van der Waals surface area (Å²) in [7, 11) is 1.58. The standard InChI is InChI=1S/C10H11ClN2O/c1-7-5-10(14-2)9(6-8(7)11)13-4-3-12/h5-6,13H,4H2,1-2H3. The third kappa shape index (κ3) is 2.30. The van der Waals surface area contributed by atoms with Crippen LogP contribution in [0.4, 0.5) is 5.69 Å². The van der Waals surface area contributed by atoms with E-state index in [1.54, 1.807) is 13.2 Å². The van der Waals surface area contributed by atoms with Gasteiger partial charge in [-0.05, 0) is 24.6 Å². The second kappa shape index (κ2) is 4.73. The van der Waals surface area contributed by atoms with Gasteiger partial charge in [0.05, 0.1) is 18.9 Å². The molecule has 0 aliphatic rings. The first-order chi connectivity index (χ1) is 6.69. The molecule has 0 aromatic heterocycles. The van der Waals surface area contributed by atoms with Gasteiger partial charge in [-0.25, -0.2) is 0 Å². The number of halogens is 1. The molecule has 1 aromatic carbocycles. The molecule has 0 radical (unpaired) electrons. The van der Waals surface area contributed by atoms with Crippen LogP contribution in [0.1, 0.15) is 5.56 Å². The van der Waals surface area contributed by atoms with Crippen LogP contribution in [0.5, 0.6) is 5.75 Å². The molecule has 0 atom stereocenters. The average Bonchev–Trinajstić information content (AvgIpc) is 2.19. The fourth-order valence-electron chi connectivity index (χ4n) is 1.10. The van der Waals surface area contributed by atoms with Crippen molar-refractivity contribution in [1.29, 1.82) is 5.26 Å². The molecule has 0 fully saturated rings. The topological polar surface area (TPSA) is 45.0 Å². The zero-order valence-electron chi connectivity index (χ0n) is 8.10. The van der Waals surface area contributed by atoms with Gasteiger partial charge in [0.1, 0.15) is 12.3 Å². The Morgan fingerprint density at radius 3 is 2.86 bits per heavy atom. The number of nitriles is 1. The van der Waals surface area contributed by atoms with Crippen LogP contribution < -0.4 is 10.1 Å². The van der Waals surface area contributed by atoms with Crippen molar-refractivity contribution in [3.63, 3.8) is 0 Å². The van der Waals surface area contributed by atoms with Crippen LogP contribution in [0, 0.1) is 18.3 Å². The predicted octanol–water partition coefficient (Wildman–Crippen LogP) is 2.59. The first-order valence-corrected chi connectivity index (χ1v) is 4.51. The van der Waals surface area contributed by atoms with Gasteiger partial charge in [-0.3, -0.25) is 0 Å². The minimum atomic E-state index is 0.232. The number of hydrogen-bond acceptors (Lipinski definition) is 3. The van der Waals surface area contributed by atoms with Crippen molar-refractivity contribution in [3.8, 4) is 11.8 Å². The number of hydrogen-bond donors (Lipinski definition) is 1. The van der Waals surface area contributed by atoms with E-state index in [0.29, 0.717) is 10.8 Å². The summed E-state index contributed by atoms with van der Waals surface area (Å²) in [5.74, 6) is 0.696. The lowest BCUT2D eigenvalue weighted by Crippen LogP contribution is -2.01. The van der Waals surface area contributed by atoms with Gasteiger partial charge in [-0.2, -0.15) is 5.26 Å². The zero-order valence-corrected chi connectivity index (χ0v) is 8.85. The zero-order chi connectivity index (χ0) is 10.6. The number of methoxy groups -OCH3 is 1. The van der Waals surface area contributed by atoms with Gasteiger partial charge in [0.15, 0.2) is 0 Å². The highest BCUT2D eigenvalue weighted by Crippen LogP contribution is 2.30. The molecular weight excluding hydrogens is 200 g/mol. The van der Waals surface area contributed by atoms with Crippen molar-refractivity contribution in [2.24, 2.45) is 0 Å². The Labute approximate surface area is 88.3 Å². The summed E-state index contributed by atoms with van der Waals surface area (Å²) in [5, 5.41) is 12.0. The van der Waals surface area contributed by atoms with Crippen LogP contribution in [0.25, 0.3) is 0 Å². The van der Waals surface area contributed by atoms with Crippen molar-refractivity contribution < 1.29 is 4.74 Å². The molecule has 74 valence electrons. The Bertz CT molecular complexity index is 371. The van der Waals surface area contributed by atoms with Crippen LogP contribution in [-0.4, -0.2) is 13.7 Å². The molecule has 1 aromatic rings. The van der Waals surface area contributed by atoms with Crippen LogP contribution in [-0.2, 0) is 0 Å². The minimum absolute atomic E-state index is 0.232. The lowest BCUT2D eigenvalue weighted by Gasteiger charge is -2.10. The van der Waals surface area contributed by atoms with Crippen LogP contribution in [0.3, 0.4) is 0 Å². The van der Waals surface area contributed by atoms with Crippen molar-refractivity contribution in [2.45, 2.75) is 6.92 Å². The number of nitrogens with one attached hydrogen (secondary N) is 1. The van der Waals surface area contributed by atoms with E-state index in [1.807, 2.05) is 19.1 Å². The summed E-state index contributed by atoms with van der Waals surface area (Å²) in [6, 6.07) is 5.58. The summed E-state index contributed by atoms with van der Waals surface area (Å²) >= 11 is 5.94. The van der Waals surface area contributed by atoms with Gasteiger partial charge in [0, 0.05) is 5.02 Å². The molecule has 0 spiro atoms. The lowest BCUT2D eigenvalue weighted by molar-refractivity contribution is 0.416. The number of nitrogens with zero attached hydrogens (tertiary/aromatic N) is 1. The van der Waals surface area contributed by atoms with Gasteiger partial charge >= 0.3 is 0 Å². The van der Waals surface area contributed by atoms with E-state index in [2.05, 4.69) is 5.32 Å². The third-order valence-electron chi connectivity index (χ3n) is 1.84. The first kappa shape index (κ1) is 10.7. The summed E-state index contributed by atoms with van der Waals surface area (Å²) in [4.78, 5) is 0.